The van der Waals surface area contributed by atoms with Gasteiger partial charge >= 0.3 is 5.97 Å². The summed E-state index contributed by atoms with van der Waals surface area (Å²) in [6, 6.07) is 2.85. The van der Waals surface area contributed by atoms with Crippen molar-refractivity contribution in [1.82, 2.24) is 10.3 Å². The molecule has 1 rings (SSSR count). The first kappa shape index (κ1) is 12.9. The summed E-state index contributed by atoms with van der Waals surface area (Å²) < 4.78 is 0. The molecule has 0 saturated heterocycles. The van der Waals surface area contributed by atoms with Crippen molar-refractivity contribution >= 4 is 11.9 Å². The Bertz CT molecular complexity index is 430. The van der Waals surface area contributed by atoms with E-state index in [0.717, 1.165) is 0 Å². The molecule has 1 amide bonds. The predicted molar refractivity (Wildman–Crippen MR) is 62.5 cm³/mol. The molecule has 0 aromatic carbocycles. The Morgan fingerprint density at radius 2 is 2.29 bits per heavy atom. The maximum atomic E-state index is 11.3. The largest absolute Gasteiger partial charge is 0.478 e. The molecule has 0 aliphatic heterocycles. The monoisotopic (exact) mass is 234 g/mol. The highest BCUT2D eigenvalue weighted by Gasteiger charge is 2.05. The van der Waals surface area contributed by atoms with E-state index >= 15 is 0 Å². The van der Waals surface area contributed by atoms with Crippen molar-refractivity contribution < 1.29 is 14.7 Å². The Morgan fingerprint density at radius 1 is 1.53 bits per heavy atom. The van der Waals surface area contributed by atoms with E-state index in [-0.39, 0.29) is 18.0 Å². The third-order valence-electron chi connectivity index (χ3n) is 2.11. The number of nitrogens with zero attached hydrogens (tertiary/aromatic N) is 1. The maximum absolute atomic E-state index is 11.3. The van der Waals surface area contributed by atoms with Crippen LogP contribution < -0.4 is 5.32 Å². The minimum atomic E-state index is -1.01. The molecule has 0 aliphatic rings. The molecule has 0 aliphatic carbocycles. The van der Waals surface area contributed by atoms with Gasteiger partial charge in [-0.3, -0.25) is 9.78 Å². The van der Waals surface area contributed by atoms with Crippen LogP contribution in [-0.2, 0) is 11.3 Å². The highest BCUT2D eigenvalue weighted by atomic mass is 16.4. The number of aromatic carboxylic acids is 1. The summed E-state index contributed by atoms with van der Waals surface area (Å²) in [5, 5.41) is 11.4. The summed E-state index contributed by atoms with van der Waals surface area (Å²) in [6.45, 7) is 3.76. The van der Waals surface area contributed by atoms with Gasteiger partial charge in [-0.15, -0.1) is 6.58 Å². The number of aromatic nitrogens is 1. The lowest BCUT2D eigenvalue weighted by molar-refractivity contribution is -0.121. The van der Waals surface area contributed by atoms with Gasteiger partial charge in [0.05, 0.1) is 17.8 Å². The van der Waals surface area contributed by atoms with Crippen LogP contribution in [0, 0.1) is 0 Å². The maximum Gasteiger partial charge on any atom is 0.335 e. The summed E-state index contributed by atoms with van der Waals surface area (Å²) in [5.74, 6) is -1.11. The molecule has 0 atom stereocenters. The second-order valence-electron chi connectivity index (χ2n) is 3.45. The van der Waals surface area contributed by atoms with Gasteiger partial charge in [0.1, 0.15) is 0 Å². The molecule has 2 N–H and O–H groups in total. The Balaban J connectivity index is 2.51. The van der Waals surface area contributed by atoms with Crippen LogP contribution in [0.1, 0.15) is 28.9 Å². The fourth-order valence-electron chi connectivity index (χ4n) is 1.22. The van der Waals surface area contributed by atoms with E-state index < -0.39 is 5.97 Å². The van der Waals surface area contributed by atoms with Gasteiger partial charge in [0.25, 0.3) is 0 Å². The molecule has 0 bridgehead atoms. The van der Waals surface area contributed by atoms with Crippen molar-refractivity contribution in [1.29, 1.82) is 0 Å². The standard InChI is InChI=1S/C12H14N2O3/c1-2-3-4-11(15)14-8-10-7-9(12(16)17)5-6-13-10/h2,5-7H,1,3-4,8H2,(H,14,15)(H,16,17). The van der Waals surface area contributed by atoms with E-state index in [1.807, 2.05) is 0 Å². The summed E-state index contributed by atoms with van der Waals surface area (Å²) in [4.78, 5) is 26.0. The molecule has 90 valence electrons. The minimum absolute atomic E-state index is 0.104. The van der Waals surface area contributed by atoms with Crippen LogP contribution in [0.2, 0.25) is 0 Å². The highest BCUT2D eigenvalue weighted by molar-refractivity contribution is 5.87. The molecule has 0 radical (unpaired) electrons. The van der Waals surface area contributed by atoms with Gasteiger partial charge in [-0.05, 0) is 18.6 Å². The van der Waals surface area contributed by atoms with Crippen LogP contribution in [0.3, 0.4) is 0 Å². The molecular weight excluding hydrogens is 220 g/mol. The van der Waals surface area contributed by atoms with Crippen molar-refractivity contribution in [2.75, 3.05) is 0 Å². The van der Waals surface area contributed by atoms with E-state index in [9.17, 15) is 9.59 Å². The normalized spacial score (nSPS) is 9.65. The summed E-state index contributed by atoms with van der Waals surface area (Å²) >= 11 is 0. The number of hydrogen-bond acceptors (Lipinski definition) is 3. The fraction of sp³-hybridized carbons (Fsp3) is 0.250. The number of carboxylic acid groups (broad SMARTS) is 1. The lowest BCUT2D eigenvalue weighted by Crippen LogP contribution is -2.22. The SMILES string of the molecule is C=CCCC(=O)NCc1cc(C(=O)O)ccn1. The second-order valence-corrected chi connectivity index (χ2v) is 3.45. The van der Waals surface area contributed by atoms with Gasteiger partial charge < -0.3 is 10.4 Å². The summed E-state index contributed by atoms with van der Waals surface area (Å²) in [7, 11) is 0. The number of pyridine rings is 1. The van der Waals surface area contributed by atoms with Crippen molar-refractivity contribution in [3.8, 4) is 0 Å². The third-order valence-corrected chi connectivity index (χ3v) is 2.11. The van der Waals surface area contributed by atoms with Crippen LogP contribution in [-0.4, -0.2) is 22.0 Å². The third kappa shape index (κ3) is 4.46. The van der Waals surface area contributed by atoms with Gasteiger partial charge in [-0.2, -0.15) is 0 Å². The van der Waals surface area contributed by atoms with Crippen LogP contribution >= 0.6 is 0 Å². The quantitative estimate of drug-likeness (QED) is 0.728. The van der Waals surface area contributed by atoms with Crippen molar-refractivity contribution in [2.24, 2.45) is 0 Å². The van der Waals surface area contributed by atoms with Gasteiger partial charge in [-0.25, -0.2) is 4.79 Å². The van der Waals surface area contributed by atoms with Gasteiger partial charge in [0.15, 0.2) is 0 Å². The van der Waals surface area contributed by atoms with Gasteiger partial charge in [-0.1, -0.05) is 6.08 Å². The van der Waals surface area contributed by atoms with Crippen molar-refractivity contribution in [3.63, 3.8) is 0 Å². The topological polar surface area (TPSA) is 79.3 Å². The zero-order valence-electron chi connectivity index (χ0n) is 9.35. The minimum Gasteiger partial charge on any atom is -0.478 e. The Hall–Kier alpha value is -2.17. The molecular formula is C12H14N2O3. The summed E-state index contributed by atoms with van der Waals surface area (Å²) in [6.07, 6.45) is 4.08. The molecule has 1 aromatic heterocycles. The molecule has 0 fully saturated rings. The Kier molecular flexibility index (Phi) is 4.87. The number of rotatable bonds is 6. The fourth-order valence-corrected chi connectivity index (χ4v) is 1.22. The van der Waals surface area contributed by atoms with Crippen molar-refractivity contribution in [2.45, 2.75) is 19.4 Å². The molecule has 0 spiro atoms. The molecule has 0 saturated carbocycles. The smallest absolute Gasteiger partial charge is 0.335 e. The molecule has 1 aromatic rings. The molecule has 5 nitrogen and oxygen atoms in total. The first-order valence-electron chi connectivity index (χ1n) is 5.19. The van der Waals surface area contributed by atoms with E-state index in [1.54, 1.807) is 6.08 Å². The average Bonchev–Trinajstić information content (AvgIpc) is 2.34. The van der Waals surface area contributed by atoms with E-state index in [0.29, 0.717) is 18.5 Å². The van der Waals surface area contributed by atoms with Gasteiger partial charge in [0.2, 0.25) is 5.91 Å². The van der Waals surface area contributed by atoms with Crippen LogP contribution in [0.25, 0.3) is 0 Å². The zero-order chi connectivity index (χ0) is 12.7. The number of allylic oxidation sites excluding steroid dienone is 1. The van der Waals surface area contributed by atoms with Crippen LogP contribution in [0.5, 0.6) is 0 Å². The zero-order valence-corrected chi connectivity index (χ0v) is 9.35. The molecule has 0 unspecified atom stereocenters. The average molecular weight is 234 g/mol. The highest BCUT2D eigenvalue weighted by Crippen LogP contribution is 2.01. The number of amides is 1. The Labute approximate surface area is 99.2 Å². The molecule has 5 heteroatoms. The van der Waals surface area contributed by atoms with Crippen LogP contribution in [0.15, 0.2) is 31.0 Å². The molecule has 17 heavy (non-hydrogen) atoms. The lowest BCUT2D eigenvalue weighted by atomic mass is 10.2. The Morgan fingerprint density at radius 3 is 2.94 bits per heavy atom. The van der Waals surface area contributed by atoms with E-state index in [1.165, 1.54) is 18.3 Å². The first-order valence-corrected chi connectivity index (χ1v) is 5.19. The van der Waals surface area contributed by atoms with Crippen LogP contribution in [0.4, 0.5) is 0 Å². The number of hydrogen-bond donors (Lipinski definition) is 2. The summed E-state index contributed by atoms with van der Waals surface area (Å²) in [5.41, 5.74) is 0.687. The number of carbonyl (C=O) groups is 2. The second kappa shape index (κ2) is 6.42. The van der Waals surface area contributed by atoms with E-state index in [4.69, 9.17) is 5.11 Å². The number of carbonyl (C=O) groups excluding carboxylic acids is 1. The van der Waals surface area contributed by atoms with E-state index in [2.05, 4.69) is 16.9 Å². The van der Waals surface area contributed by atoms with Crippen molar-refractivity contribution in [3.05, 3.63) is 42.2 Å². The van der Waals surface area contributed by atoms with Gasteiger partial charge in [0, 0.05) is 12.6 Å². The molecule has 1 heterocycles. The number of nitrogens with one attached hydrogen (secondary N) is 1. The first-order chi connectivity index (χ1) is 8.13. The predicted octanol–water partition coefficient (Wildman–Crippen LogP) is 1.36. The number of carboxylic acids is 1. The lowest BCUT2D eigenvalue weighted by Gasteiger charge is -2.04.